The molecule has 0 spiro atoms. The maximum atomic E-state index is 10.1. The fourth-order valence-corrected chi connectivity index (χ4v) is 0.696. The highest BCUT2D eigenvalue weighted by atomic mass is 16.6. The average molecular weight is 228 g/mol. The topological polar surface area (TPSA) is 107 Å². The van der Waals surface area contributed by atoms with Crippen LogP contribution in [-0.2, 0) is 0 Å². The zero-order chi connectivity index (χ0) is 12.7. The van der Waals surface area contributed by atoms with Gasteiger partial charge in [-0.2, -0.15) is 0 Å². The second-order valence-corrected chi connectivity index (χ2v) is 3.12. The van der Waals surface area contributed by atoms with Gasteiger partial charge in [0.2, 0.25) is 0 Å². The standard InChI is InChI=1S/C6H4N2O4.C3H8O/c9-7(10)5-1-2-6(4-3-5)8(11)12;1-3(2)4/h1-4H;3-4H,1-2H3. The first-order valence-electron chi connectivity index (χ1n) is 4.41. The van der Waals surface area contributed by atoms with Gasteiger partial charge >= 0.3 is 0 Å². The molecule has 0 aromatic heterocycles. The summed E-state index contributed by atoms with van der Waals surface area (Å²) in [7, 11) is 0. The minimum atomic E-state index is -0.607. The Labute approximate surface area is 91.6 Å². The minimum absolute atomic E-state index is 0.152. The molecule has 0 amide bonds. The van der Waals surface area contributed by atoms with Crippen molar-refractivity contribution in [3.8, 4) is 0 Å². The molecule has 7 nitrogen and oxygen atoms in total. The van der Waals surface area contributed by atoms with E-state index in [4.69, 9.17) is 5.11 Å². The fraction of sp³-hybridized carbons (Fsp3) is 0.333. The molecule has 0 aliphatic carbocycles. The van der Waals surface area contributed by atoms with Crippen LogP contribution in [0.15, 0.2) is 24.3 Å². The van der Waals surface area contributed by atoms with Gasteiger partial charge in [-0.3, -0.25) is 20.2 Å². The number of aliphatic hydroxyl groups excluding tert-OH is 1. The van der Waals surface area contributed by atoms with Crippen molar-refractivity contribution < 1.29 is 15.0 Å². The highest BCUT2D eigenvalue weighted by molar-refractivity contribution is 5.39. The molecule has 0 saturated heterocycles. The predicted octanol–water partition coefficient (Wildman–Crippen LogP) is 1.89. The van der Waals surface area contributed by atoms with Crippen molar-refractivity contribution in [2.75, 3.05) is 0 Å². The van der Waals surface area contributed by atoms with E-state index in [1.807, 2.05) is 0 Å². The number of non-ortho nitro benzene ring substituents is 2. The number of hydrogen-bond acceptors (Lipinski definition) is 5. The molecule has 0 saturated carbocycles. The number of rotatable bonds is 2. The number of aliphatic hydroxyl groups is 1. The Morgan fingerprint density at radius 1 is 1.00 bits per heavy atom. The summed E-state index contributed by atoms with van der Waals surface area (Å²) in [5.74, 6) is 0. The quantitative estimate of drug-likeness (QED) is 0.614. The Balaban J connectivity index is 0.000000487. The maximum absolute atomic E-state index is 10.1. The van der Waals surface area contributed by atoms with Crippen molar-refractivity contribution in [1.82, 2.24) is 0 Å². The summed E-state index contributed by atoms with van der Waals surface area (Å²) in [6.07, 6.45) is -0.167. The lowest BCUT2D eigenvalue weighted by Crippen LogP contribution is -1.90. The molecule has 1 N–H and O–H groups in total. The highest BCUT2D eigenvalue weighted by Crippen LogP contribution is 2.16. The molecule has 0 radical (unpaired) electrons. The largest absolute Gasteiger partial charge is 0.394 e. The third-order valence-electron chi connectivity index (χ3n) is 1.27. The number of nitrogens with zero attached hydrogens (tertiary/aromatic N) is 2. The maximum Gasteiger partial charge on any atom is 0.269 e. The summed E-state index contributed by atoms with van der Waals surface area (Å²) in [5, 5.41) is 28.3. The lowest BCUT2D eigenvalue weighted by atomic mass is 10.3. The van der Waals surface area contributed by atoms with Crippen LogP contribution < -0.4 is 0 Å². The molecule has 7 heteroatoms. The zero-order valence-corrected chi connectivity index (χ0v) is 8.86. The lowest BCUT2D eigenvalue weighted by molar-refractivity contribution is -0.389. The minimum Gasteiger partial charge on any atom is -0.394 e. The first kappa shape index (κ1) is 14.0. The van der Waals surface area contributed by atoms with E-state index in [9.17, 15) is 20.2 Å². The molecular formula is C9H12N2O5. The van der Waals surface area contributed by atoms with E-state index in [0.717, 1.165) is 24.3 Å². The van der Waals surface area contributed by atoms with E-state index in [1.54, 1.807) is 13.8 Å². The van der Waals surface area contributed by atoms with Crippen LogP contribution in [0.4, 0.5) is 11.4 Å². The molecule has 16 heavy (non-hydrogen) atoms. The summed E-state index contributed by atoms with van der Waals surface area (Å²) in [6.45, 7) is 3.44. The molecule has 0 aliphatic heterocycles. The molecule has 0 fully saturated rings. The number of nitro benzene ring substituents is 2. The summed E-state index contributed by atoms with van der Waals surface area (Å²) < 4.78 is 0. The molecule has 88 valence electrons. The monoisotopic (exact) mass is 228 g/mol. The predicted molar refractivity (Wildman–Crippen MR) is 57.1 cm³/mol. The second kappa shape index (κ2) is 6.46. The van der Waals surface area contributed by atoms with Gasteiger partial charge in [0.1, 0.15) is 0 Å². The first-order chi connectivity index (χ1) is 7.34. The van der Waals surface area contributed by atoms with Crippen LogP contribution in [0, 0.1) is 20.2 Å². The smallest absolute Gasteiger partial charge is 0.269 e. The summed E-state index contributed by atoms with van der Waals surface area (Å²) in [5.41, 5.74) is -0.304. The third kappa shape index (κ3) is 5.66. The Bertz CT molecular complexity index is 325. The normalized spacial score (nSPS) is 9.25. The molecule has 1 aromatic carbocycles. The lowest BCUT2D eigenvalue weighted by Gasteiger charge is -1.90. The van der Waals surface area contributed by atoms with Crippen molar-refractivity contribution in [2.45, 2.75) is 20.0 Å². The van der Waals surface area contributed by atoms with E-state index in [1.165, 1.54) is 0 Å². The van der Waals surface area contributed by atoms with Gasteiger partial charge in [0.15, 0.2) is 0 Å². The Kier molecular flexibility index (Phi) is 5.65. The number of benzene rings is 1. The molecule has 0 bridgehead atoms. The second-order valence-electron chi connectivity index (χ2n) is 3.12. The van der Waals surface area contributed by atoms with Crippen LogP contribution in [0.5, 0.6) is 0 Å². The SMILES string of the molecule is CC(C)O.O=[N+]([O-])c1ccc([N+](=O)[O-])cc1. The molecule has 0 atom stereocenters. The van der Waals surface area contributed by atoms with Gasteiger partial charge in [-0.15, -0.1) is 0 Å². The number of nitro groups is 2. The van der Waals surface area contributed by atoms with Crippen LogP contribution in [0.3, 0.4) is 0 Å². The van der Waals surface area contributed by atoms with E-state index in [2.05, 4.69) is 0 Å². The van der Waals surface area contributed by atoms with Gasteiger partial charge in [0, 0.05) is 30.4 Å². The molecular weight excluding hydrogens is 216 g/mol. The molecule has 0 heterocycles. The van der Waals surface area contributed by atoms with Gasteiger partial charge in [0.25, 0.3) is 11.4 Å². The van der Waals surface area contributed by atoms with E-state index >= 15 is 0 Å². The molecule has 1 rings (SSSR count). The van der Waals surface area contributed by atoms with Crippen LogP contribution in [0.25, 0.3) is 0 Å². The van der Waals surface area contributed by atoms with Crippen molar-refractivity contribution in [2.24, 2.45) is 0 Å². The summed E-state index contributed by atoms with van der Waals surface area (Å²) in [6, 6.07) is 4.38. The van der Waals surface area contributed by atoms with E-state index in [-0.39, 0.29) is 17.5 Å². The van der Waals surface area contributed by atoms with Crippen molar-refractivity contribution >= 4 is 11.4 Å². The fourth-order valence-electron chi connectivity index (χ4n) is 0.696. The third-order valence-corrected chi connectivity index (χ3v) is 1.27. The first-order valence-corrected chi connectivity index (χ1v) is 4.41. The van der Waals surface area contributed by atoms with Gasteiger partial charge in [0.05, 0.1) is 9.85 Å². The van der Waals surface area contributed by atoms with Crippen LogP contribution in [0.1, 0.15) is 13.8 Å². The van der Waals surface area contributed by atoms with Crippen molar-refractivity contribution in [3.63, 3.8) is 0 Å². The highest BCUT2D eigenvalue weighted by Gasteiger charge is 2.08. The van der Waals surface area contributed by atoms with Crippen molar-refractivity contribution in [3.05, 3.63) is 44.5 Å². The summed E-state index contributed by atoms with van der Waals surface area (Å²) in [4.78, 5) is 19.0. The zero-order valence-electron chi connectivity index (χ0n) is 8.86. The Morgan fingerprint density at radius 2 is 1.19 bits per heavy atom. The van der Waals surface area contributed by atoms with E-state index in [0.29, 0.717) is 0 Å². The summed E-state index contributed by atoms with van der Waals surface area (Å²) >= 11 is 0. The number of hydrogen-bond donors (Lipinski definition) is 1. The van der Waals surface area contributed by atoms with Gasteiger partial charge in [-0.25, -0.2) is 0 Å². The van der Waals surface area contributed by atoms with Crippen molar-refractivity contribution in [1.29, 1.82) is 0 Å². The molecule has 0 unspecified atom stereocenters. The average Bonchev–Trinajstić information content (AvgIpc) is 2.17. The van der Waals surface area contributed by atoms with Gasteiger partial charge < -0.3 is 5.11 Å². The van der Waals surface area contributed by atoms with Crippen LogP contribution in [-0.4, -0.2) is 21.1 Å². The Morgan fingerprint density at radius 3 is 1.31 bits per heavy atom. The van der Waals surface area contributed by atoms with E-state index < -0.39 is 9.85 Å². The van der Waals surface area contributed by atoms with Crippen LogP contribution >= 0.6 is 0 Å². The molecule has 0 aliphatic rings. The van der Waals surface area contributed by atoms with Gasteiger partial charge in [-0.1, -0.05) is 0 Å². The van der Waals surface area contributed by atoms with Gasteiger partial charge in [-0.05, 0) is 13.8 Å². The Hall–Kier alpha value is -2.02. The molecule has 1 aromatic rings. The van der Waals surface area contributed by atoms with Crippen LogP contribution in [0.2, 0.25) is 0 Å².